The molecule has 6 nitrogen and oxygen atoms in total. The van der Waals surface area contributed by atoms with Crippen molar-refractivity contribution < 1.29 is 14.3 Å². The number of benzene rings is 1. The lowest BCUT2D eigenvalue weighted by molar-refractivity contribution is -0.130. The number of pyridine rings is 1. The Balaban J connectivity index is 1.46. The van der Waals surface area contributed by atoms with Gasteiger partial charge in [-0.2, -0.15) is 0 Å². The number of hydrogen-bond donors (Lipinski definition) is 0. The summed E-state index contributed by atoms with van der Waals surface area (Å²) in [7, 11) is 5.29. The Bertz CT molecular complexity index is 828. The van der Waals surface area contributed by atoms with Gasteiger partial charge >= 0.3 is 0 Å². The number of likely N-dealkylation sites (tertiary alicyclic amines) is 1. The normalized spacial score (nSPS) is 16.7. The molecular weight excluding hydrogens is 390 g/mol. The van der Waals surface area contributed by atoms with E-state index in [-0.39, 0.29) is 5.91 Å². The molecule has 1 amide bonds. The maximum Gasteiger partial charge on any atom is 0.222 e. The van der Waals surface area contributed by atoms with Gasteiger partial charge in [-0.25, -0.2) is 0 Å². The number of likely N-dealkylation sites (N-methyl/N-ethyl adjacent to an activating group) is 1. The molecule has 0 aliphatic carbocycles. The third-order valence-electron chi connectivity index (χ3n) is 6.11. The quantitative estimate of drug-likeness (QED) is 0.580. The number of carbonyl (C=O) groups excluding carboxylic acids is 1. The van der Waals surface area contributed by atoms with E-state index in [0.717, 1.165) is 55.2 Å². The molecule has 2 aromatic rings. The highest BCUT2D eigenvalue weighted by Crippen LogP contribution is 2.28. The van der Waals surface area contributed by atoms with E-state index in [1.54, 1.807) is 20.4 Å². The SMILES string of the molecule is COc1ccc(OC)c(CN2CCCC(CCC(=O)N(C)CCc3ccccn3)C2)c1. The lowest BCUT2D eigenvalue weighted by Crippen LogP contribution is -2.36. The highest BCUT2D eigenvalue weighted by atomic mass is 16.5. The van der Waals surface area contributed by atoms with Crippen LogP contribution >= 0.6 is 0 Å². The lowest BCUT2D eigenvalue weighted by atomic mass is 9.92. The number of nitrogens with zero attached hydrogens (tertiary/aromatic N) is 3. The van der Waals surface area contributed by atoms with Crippen LogP contribution in [0.2, 0.25) is 0 Å². The second-order valence-corrected chi connectivity index (χ2v) is 8.35. The second kappa shape index (κ2) is 11.7. The van der Waals surface area contributed by atoms with E-state index < -0.39 is 0 Å². The van der Waals surface area contributed by atoms with Gasteiger partial charge in [0.15, 0.2) is 0 Å². The van der Waals surface area contributed by atoms with Gasteiger partial charge in [-0.15, -0.1) is 0 Å². The van der Waals surface area contributed by atoms with Crippen LogP contribution in [0, 0.1) is 5.92 Å². The third kappa shape index (κ3) is 6.96. The van der Waals surface area contributed by atoms with Gasteiger partial charge in [-0.05, 0) is 62.1 Å². The van der Waals surface area contributed by atoms with E-state index in [4.69, 9.17) is 9.47 Å². The summed E-state index contributed by atoms with van der Waals surface area (Å²) in [5, 5.41) is 0. The Morgan fingerprint density at radius 1 is 1.23 bits per heavy atom. The summed E-state index contributed by atoms with van der Waals surface area (Å²) < 4.78 is 10.9. The van der Waals surface area contributed by atoms with Gasteiger partial charge in [0.05, 0.1) is 14.2 Å². The van der Waals surface area contributed by atoms with Gasteiger partial charge in [0.25, 0.3) is 0 Å². The van der Waals surface area contributed by atoms with Crippen LogP contribution in [-0.4, -0.2) is 61.6 Å². The molecule has 0 bridgehead atoms. The predicted octanol–water partition coefficient (Wildman–Crippen LogP) is 3.79. The van der Waals surface area contributed by atoms with Crippen LogP contribution < -0.4 is 9.47 Å². The van der Waals surface area contributed by atoms with E-state index in [1.165, 1.54) is 12.8 Å². The number of piperidine rings is 1. The minimum absolute atomic E-state index is 0.225. The summed E-state index contributed by atoms with van der Waals surface area (Å²) in [6.07, 6.45) is 6.51. The summed E-state index contributed by atoms with van der Waals surface area (Å²) in [5.74, 6) is 2.53. The third-order valence-corrected chi connectivity index (χ3v) is 6.11. The van der Waals surface area contributed by atoms with Crippen molar-refractivity contribution in [2.24, 2.45) is 5.92 Å². The average molecular weight is 426 g/mol. The van der Waals surface area contributed by atoms with Crippen molar-refractivity contribution in [3.63, 3.8) is 0 Å². The van der Waals surface area contributed by atoms with E-state index in [9.17, 15) is 4.79 Å². The van der Waals surface area contributed by atoms with Crippen molar-refractivity contribution in [2.45, 2.75) is 38.6 Å². The number of hydrogen-bond acceptors (Lipinski definition) is 5. The lowest BCUT2D eigenvalue weighted by Gasteiger charge is -2.33. The van der Waals surface area contributed by atoms with Gasteiger partial charge in [0, 0.05) is 57.0 Å². The van der Waals surface area contributed by atoms with Crippen molar-refractivity contribution in [1.82, 2.24) is 14.8 Å². The molecule has 0 radical (unpaired) electrons. The fourth-order valence-corrected chi connectivity index (χ4v) is 4.25. The van der Waals surface area contributed by atoms with E-state index in [2.05, 4.69) is 16.0 Å². The molecule has 2 heterocycles. The number of aromatic nitrogens is 1. The molecule has 1 aliphatic heterocycles. The standard InChI is InChI=1S/C25H35N3O3/c1-27(16-13-22-8-4-5-14-26-22)25(29)12-9-20-7-6-15-28(18-20)19-21-17-23(30-2)10-11-24(21)31-3/h4-5,8,10-11,14,17,20H,6-7,9,12-13,15-16,18-19H2,1-3H3. The largest absolute Gasteiger partial charge is 0.497 e. The maximum atomic E-state index is 12.6. The number of carbonyl (C=O) groups is 1. The van der Waals surface area contributed by atoms with Crippen LogP contribution in [-0.2, 0) is 17.8 Å². The van der Waals surface area contributed by atoms with E-state index in [0.29, 0.717) is 18.9 Å². The molecule has 1 unspecified atom stereocenters. The van der Waals surface area contributed by atoms with Crippen LogP contribution in [0.4, 0.5) is 0 Å². The molecule has 1 aromatic carbocycles. The first-order valence-electron chi connectivity index (χ1n) is 11.2. The Morgan fingerprint density at radius 2 is 2.10 bits per heavy atom. The van der Waals surface area contributed by atoms with Gasteiger partial charge in [0.1, 0.15) is 11.5 Å². The molecule has 0 N–H and O–H groups in total. The molecule has 0 spiro atoms. The molecule has 1 fully saturated rings. The minimum Gasteiger partial charge on any atom is -0.497 e. The zero-order chi connectivity index (χ0) is 22.1. The number of ether oxygens (including phenoxy) is 2. The Morgan fingerprint density at radius 3 is 2.84 bits per heavy atom. The second-order valence-electron chi connectivity index (χ2n) is 8.35. The maximum absolute atomic E-state index is 12.6. The number of amides is 1. The molecule has 3 rings (SSSR count). The van der Waals surface area contributed by atoms with Crippen LogP contribution in [0.25, 0.3) is 0 Å². The fourth-order valence-electron chi connectivity index (χ4n) is 4.25. The molecular formula is C25H35N3O3. The van der Waals surface area contributed by atoms with Crippen LogP contribution in [0.5, 0.6) is 11.5 Å². The minimum atomic E-state index is 0.225. The van der Waals surface area contributed by atoms with E-state index in [1.807, 2.05) is 42.3 Å². The summed E-state index contributed by atoms with van der Waals surface area (Å²) in [5.41, 5.74) is 2.17. The van der Waals surface area contributed by atoms with Gasteiger partial charge < -0.3 is 14.4 Å². The van der Waals surface area contributed by atoms with Crippen molar-refractivity contribution >= 4 is 5.91 Å². The zero-order valence-corrected chi connectivity index (χ0v) is 19.0. The van der Waals surface area contributed by atoms with Crippen molar-refractivity contribution in [2.75, 3.05) is 40.9 Å². The Hall–Kier alpha value is -2.60. The zero-order valence-electron chi connectivity index (χ0n) is 19.0. The van der Waals surface area contributed by atoms with Crippen LogP contribution in [0.3, 0.4) is 0 Å². The summed E-state index contributed by atoms with van der Waals surface area (Å²) in [6, 6.07) is 11.9. The molecule has 1 aromatic heterocycles. The van der Waals surface area contributed by atoms with Crippen molar-refractivity contribution in [3.8, 4) is 11.5 Å². The summed E-state index contributed by atoms with van der Waals surface area (Å²) in [6.45, 7) is 3.65. The number of rotatable bonds is 10. The first-order chi connectivity index (χ1) is 15.1. The smallest absolute Gasteiger partial charge is 0.222 e. The van der Waals surface area contributed by atoms with Crippen molar-refractivity contribution in [1.29, 1.82) is 0 Å². The Kier molecular flexibility index (Phi) is 8.71. The Labute approximate surface area is 186 Å². The first kappa shape index (κ1) is 23.1. The van der Waals surface area contributed by atoms with Crippen LogP contribution in [0.15, 0.2) is 42.6 Å². The van der Waals surface area contributed by atoms with Gasteiger partial charge in [-0.3, -0.25) is 14.7 Å². The molecule has 168 valence electrons. The monoisotopic (exact) mass is 425 g/mol. The molecule has 6 heteroatoms. The number of methoxy groups -OCH3 is 2. The first-order valence-corrected chi connectivity index (χ1v) is 11.2. The molecule has 1 atom stereocenters. The highest BCUT2D eigenvalue weighted by molar-refractivity contribution is 5.75. The van der Waals surface area contributed by atoms with E-state index >= 15 is 0 Å². The average Bonchev–Trinajstić information content (AvgIpc) is 2.81. The summed E-state index contributed by atoms with van der Waals surface area (Å²) >= 11 is 0. The molecule has 1 aliphatic rings. The predicted molar refractivity (Wildman–Crippen MR) is 122 cm³/mol. The molecule has 0 saturated carbocycles. The highest BCUT2D eigenvalue weighted by Gasteiger charge is 2.22. The van der Waals surface area contributed by atoms with Gasteiger partial charge in [0.2, 0.25) is 5.91 Å². The molecule has 1 saturated heterocycles. The van der Waals surface area contributed by atoms with Crippen molar-refractivity contribution in [3.05, 3.63) is 53.9 Å². The molecule has 31 heavy (non-hydrogen) atoms. The fraction of sp³-hybridized carbons (Fsp3) is 0.520. The topological polar surface area (TPSA) is 54.9 Å². The van der Waals surface area contributed by atoms with Gasteiger partial charge in [-0.1, -0.05) is 6.07 Å². The summed E-state index contributed by atoms with van der Waals surface area (Å²) in [4.78, 5) is 21.2. The van der Waals surface area contributed by atoms with Crippen LogP contribution in [0.1, 0.15) is 36.9 Å².